The highest BCUT2D eigenvalue weighted by Gasteiger charge is 2.17. The smallest absolute Gasteiger partial charge is 0.177 e. The minimum atomic E-state index is -0.829. The van der Waals surface area contributed by atoms with Gasteiger partial charge in [0.05, 0.1) is 21.8 Å². The number of nitrogens with zero attached hydrogens (tertiary/aromatic N) is 3. The van der Waals surface area contributed by atoms with E-state index in [0.29, 0.717) is 21.4 Å². The summed E-state index contributed by atoms with van der Waals surface area (Å²) in [5, 5.41) is 15.6. The highest BCUT2D eigenvalue weighted by Crippen LogP contribution is 2.32. The number of H-pyrrole nitrogens is 2. The van der Waals surface area contributed by atoms with E-state index in [1.807, 2.05) is 12.1 Å². The number of halogens is 2. The lowest BCUT2D eigenvalue weighted by molar-refractivity contribution is 0.214. The first-order chi connectivity index (χ1) is 12.1. The number of rotatable bonds is 4. The van der Waals surface area contributed by atoms with E-state index in [9.17, 15) is 0 Å². The molecular weight excluding hydrogens is 363 g/mol. The zero-order valence-electron chi connectivity index (χ0n) is 12.7. The number of aromatic amines is 2. The zero-order chi connectivity index (χ0) is 17.4. The highest BCUT2D eigenvalue weighted by atomic mass is 35.5. The molecule has 25 heavy (non-hydrogen) atoms. The van der Waals surface area contributed by atoms with Crippen molar-refractivity contribution in [3.63, 3.8) is 0 Å². The van der Waals surface area contributed by atoms with Crippen molar-refractivity contribution < 1.29 is 4.74 Å². The van der Waals surface area contributed by atoms with Gasteiger partial charge in [-0.1, -0.05) is 23.2 Å². The Bertz CT molecular complexity index is 1010. The number of fused-ring (bicyclic) bond motifs is 1. The Kier molecular flexibility index (Phi) is 4.04. The maximum Gasteiger partial charge on any atom is 0.177 e. The van der Waals surface area contributed by atoms with Crippen LogP contribution in [0.2, 0.25) is 10.0 Å². The van der Waals surface area contributed by atoms with Crippen molar-refractivity contribution in [1.82, 2.24) is 25.4 Å². The quantitative estimate of drug-likeness (QED) is 0.472. The van der Waals surface area contributed by atoms with Crippen molar-refractivity contribution in [2.45, 2.75) is 6.23 Å². The van der Waals surface area contributed by atoms with Gasteiger partial charge < -0.3 is 4.74 Å². The molecule has 9 heteroatoms. The second-order valence-corrected chi connectivity index (χ2v) is 6.14. The van der Waals surface area contributed by atoms with Crippen molar-refractivity contribution >= 4 is 34.1 Å². The fourth-order valence-corrected chi connectivity index (χ4v) is 3.15. The lowest BCUT2D eigenvalue weighted by atomic mass is 10.1. The maximum absolute atomic E-state index is 6.13. The molecule has 0 spiro atoms. The van der Waals surface area contributed by atoms with E-state index in [-0.39, 0.29) is 0 Å². The van der Waals surface area contributed by atoms with Gasteiger partial charge in [-0.25, -0.2) is 0 Å². The molecule has 0 unspecified atom stereocenters. The molecule has 0 radical (unpaired) electrons. The zero-order valence-corrected chi connectivity index (χ0v) is 14.2. The molecule has 0 saturated carbocycles. The fourth-order valence-electron chi connectivity index (χ4n) is 2.57. The predicted molar refractivity (Wildman–Crippen MR) is 95.5 cm³/mol. The largest absolute Gasteiger partial charge is 0.471 e. The molecule has 0 saturated heterocycles. The maximum atomic E-state index is 6.13. The van der Waals surface area contributed by atoms with Crippen LogP contribution in [-0.4, -0.2) is 25.4 Å². The molecule has 3 aromatic heterocycles. The number of benzene rings is 1. The summed E-state index contributed by atoms with van der Waals surface area (Å²) in [6.07, 6.45) is 5.59. The van der Waals surface area contributed by atoms with Crippen molar-refractivity contribution in [3.8, 4) is 17.0 Å². The molecule has 3 heterocycles. The average Bonchev–Trinajstić information content (AvgIpc) is 3.23. The molecule has 7 nitrogen and oxygen atoms in total. The first-order valence-corrected chi connectivity index (χ1v) is 8.07. The van der Waals surface area contributed by atoms with E-state index in [1.54, 1.807) is 18.5 Å². The summed E-state index contributed by atoms with van der Waals surface area (Å²) in [5.41, 5.74) is 9.12. The minimum Gasteiger partial charge on any atom is -0.471 e. The summed E-state index contributed by atoms with van der Waals surface area (Å²) >= 11 is 12.3. The number of hydrogen-bond acceptors (Lipinski definition) is 5. The van der Waals surface area contributed by atoms with Crippen molar-refractivity contribution in [2.24, 2.45) is 5.73 Å². The second kappa shape index (κ2) is 6.36. The minimum absolute atomic E-state index is 0.350. The molecule has 4 rings (SSSR count). The van der Waals surface area contributed by atoms with Crippen molar-refractivity contribution in [2.75, 3.05) is 0 Å². The molecule has 0 bridgehead atoms. The summed E-state index contributed by atoms with van der Waals surface area (Å²) in [6.45, 7) is 0. The van der Waals surface area contributed by atoms with Gasteiger partial charge in [0, 0.05) is 35.1 Å². The predicted octanol–water partition coefficient (Wildman–Crippen LogP) is 3.69. The fraction of sp³-hybridized carbons (Fsp3) is 0.0625. The van der Waals surface area contributed by atoms with Crippen LogP contribution in [-0.2, 0) is 0 Å². The first kappa shape index (κ1) is 15.9. The van der Waals surface area contributed by atoms with E-state index in [0.717, 1.165) is 22.2 Å². The Labute approximate surface area is 152 Å². The van der Waals surface area contributed by atoms with Crippen LogP contribution in [0.15, 0.2) is 43.0 Å². The van der Waals surface area contributed by atoms with Crippen LogP contribution >= 0.6 is 23.2 Å². The summed E-state index contributed by atoms with van der Waals surface area (Å²) < 4.78 is 5.83. The molecular formula is C16H12Cl2N6O. The van der Waals surface area contributed by atoms with E-state index in [2.05, 4.69) is 25.4 Å². The van der Waals surface area contributed by atoms with E-state index in [1.165, 1.54) is 12.4 Å². The van der Waals surface area contributed by atoms with Gasteiger partial charge in [0.2, 0.25) is 0 Å². The number of hydrogen-bond donors (Lipinski definition) is 3. The van der Waals surface area contributed by atoms with Crippen LogP contribution in [0.5, 0.6) is 5.75 Å². The van der Waals surface area contributed by atoms with E-state index >= 15 is 0 Å². The van der Waals surface area contributed by atoms with Crippen LogP contribution in [0.4, 0.5) is 0 Å². The standard InChI is InChI=1S/C16H12Cl2N6O/c17-11-6-20-7-12(18)14(11)16(19)25-9-1-2-13-10(3-9)15(24-23-13)8-4-21-22-5-8/h1-7,16H,19H2,(H,21,22)(H,23,24)/t16-/m0/s1. The molecule has 0 aliphatic carbocycles. The molecule has 126 valence electrons. The summed E-state index contributed by atoms with van der Waals surface area (Å²) in [7, 11) is 0. The SMILES string of the molecule is N[C@@H](Oc1ccc2[nH]nc(-c3cn[nH]c3)c2c1)c1c(Cl)cncc1Cl. The van der Waals surface area contributed by atoms with Gasteiger partial charge in [-0.3, -0.25) is 20.9 Å². The van der Waals surface area contributed by atoms with Crippen molar-refractivity contribution in [3.05, 3.63) is 58.6 Å². The Morgan fingerprint density at radius 2 is 1.92 bits per heavy atom. The number of ether oxygens (including phenoxy) is 1. The molecule has 1 aromatic carbocycles. The Morgan fingerprint density at radius 3 is 2.64 bits per heavy atom. The van der Waals surface area contributed by atoms with Gasteiger partial charge >= 0.3 is 0 Å². The van der Waals surface area contributed by atoms with Gasteiger partial charge in [0.25, 0.3) is 0 Å². The molecule has 0 aliphatic heterocycles. The lowest BCUT2D eigenvalue weighted by Gasteiger charge is -2.17. The monoisotopic (exact) mass is 374 g/mol. The summed E-state index contributed by atoms with van der Waals surface area (Å²) in [6, 6.07) is 5.51. The summed E-state index contributed by atoms with van der Waals surface area (Å²) in [5.74, 6) is 0.565. The Morgan fingerprint density at radius 1 is 1.12 bits per heavy atom. The number of nitrogens with two attached hydrogens (primary N) is 1. The normalized spacial score (nSPS) is 12.4. The molecule has 0 fully saturated rings. The van der Waals surface area contributed by atoms with Crippen LogP contribution < -0.4 is 10.5 Å². The number of nitrogens with one attached hydrogen (secondary N) is 2. The van der Waals surface area contributed by atoms with Crippen LogP contribution in [0.3, 0.4) is 0 Å². The van der Waals surface area contributed by atoms with Gasteiger partial charge in [0.15, 0.2) is 6.23 Å². The lowest BCUT2D eigenvalue weighted by Crippen LogP contribution is -2.18. The van der Waals surface area contributed by atoms with E-state index < -0.39 is 6.23 Å². The molecule has 0 aliphatic rings. The number of aromatic nitrogens is 5. The number of pyridine rings is 1. The first-order valence-electron chi connectivity index (χ1n) is 7.32. The second-order valence-electron chi connectivity index (χ2n) is 5.32. The third-order valence-electron chi connectivity index (χ3n) is 3.74. The van der Waals surface area contributed by atoms with Gasteiger partial charge in [0.1, 0.15) is 11.4 Å². The molecule has 1 atom stereocenters. The van der Waals surface area contributed by atoms with Gasteiger partial charge in [-0.15, -0.1) is 0 Å². The third-order valence-corrected chi connectivity index (χ3v) is 4.35. The van der Waals surface area contributed by atoms with Crippen LogP contribution in [0.1, 0.15) is 11.8 Å². The molecule has 4 aromatic rings. The Hall–Kier alpha value is -2.61. The summed E-state index contributed by atoms with van der Waals surface area (Å²) in [4.78, 5) is 3.91. The van der Waals surface area contributed by atoms with E-state index in [4.69, 9.17) is 33.7 Å². The topological polar surface area (TPSA) is 105 Å². The van der Waals surface area contributed by atoms with Gasteiger partial charge in [-0.05, 0) is 18.2 Å². The Balaban J connectivity index is 1.69. The van der Waals surface area contributed by atoms with Crippen LogP contribution in [0, 0.1) is 0 Å². The highest BCUT2D eigenvalue weighted by molar-refractivity contribution is 6.35. The van der Waals surface area contributed by atoms with Crippen molar-refractivity contribution in [1.29, 1.82) is 0 Å². The van der Waals surface area contributed by atoms with Crippen LogP contribution in [0.25, 0.3) is 22.2 Å². The van der Waals surface area contributed by atoms with Gasteiger partial charge in [-0.2, -0.15) is 10.2 Å². The average molecular weight is 375 g/mol. The molecule has 0 amide bonds. The molecule has 4 N–H and O–H groups in total. The third kappa shape index (κ3) is 2.93.